The monoisotopic (exact) mass is 247 g/mol. The number of methoxy groups -OCH3 is 2. The minimum Gasteiger partial charge on any atom is -0.497 e. The maximum absolute atomic E-state index is 6.01. The number of aromatic nitrogens is 2. The van der Waals surface area contributed by atoms with Gasteiger partial charge in [-0.25, -0.2) is 4.98 Å². The van der Waals surface area contributed by atoms with Gasteiger partial charge in [0.25, 0.3) is 0 Å². The Kier molecular flexibility index (Phi) is 2.63. The zero-order chi connectivity index (χ0) is 12.7. The molecule has 0 amide bonds. The van der Waals surface area contributed by atoms with Crippen LogP contribution in [0.3, 0.4) is 0 Å². The van der Waals surface area contributed by atoms with Crippen LogP contribution < -0.4 is 10.5 Å². The van der Waals surface area contributed by atoms with E-state index in [9.17, 15) is 0 Å². The summed E-state index contributed by atoms with van der Waals surface area (Å²) in [6.45, 7) is 0. The summed E-state index contributed by atoms with van der Waals surface area (Å²) >= 11 is 0. The molecular weight excluding hydrogens is 230 g/mol. The molecule has 1 heterocycles. The van der Waals surface area contributed by atoms with Crippen LogP contribution in [0.15, 0.2) is 18.2 Å². The summed E-state index contributed by atoms with van der Waals surface area (Å²) < 4.78 is 12.7. The molecular formula is C13H17N3O2. The number of rotatable bonds is 3. The molecule has 0 unspecified atom stereocenters. The molecule has 3 rings (SSSR count). The van der Waals surface area contributed by atoms with Crippen LogP contribution in [0.4, 0.5) is 5.95 Å². The van der Waals surface area contributed by atoms with Crippen molar-refractivity contribution in [1.82, 2.24) is 9.55 Å². The van der Waals surface area contributed by atoms with Gasteiger partial charge in [0.2, 0.25) is 5.95 Å². The van der Waals surface area contributed by atoms with Gasteiger partial charge in [0, 0.05) is 19.2 Å². The van der Waals surface area contributed by atoms with Crippen LogP contribution in [0.5, 0.6) is 5.75 Å². The van der Waals surface area contributed by atoms with E-state index in [4.69, 9.17) is 15.2 Å². The Bertz CT molecular complexity index is 573. The molecule has 18 heavy (non-hydrogen) atoms. The molecule has 0 saturated heterocycles. The fraction of sp³-hybridized carbons (Fsp3) is 0.462. The number of fused-ring (bicyclic) bond motifs is 1. The van der Waals surface area contributed by atoms with Gasteiger partial charge in [-0.05, 0) is 25.0 Å². The number of nitrogen functional groups attached to an aromatic ring is 1. The van der Waals surface area contributed by atoms with Gasteiger partial charge in [0.1, 0.15) is 5.75 Å². The van der Waals surface area contributed by atoms with Crippen molar-refractivity contribution in [2.75, 3.05) is 20.0 Å². The largest absolute Gasteiger partial charge is 0.497 e. The Morgan fingerprint density at radius 2 is 2.11 bits per heavy atom. The van der Waals surface area contributed by atoms with Crippen molar-refractivity contribution in [2.24, 2.45) is 0 Å². The molecule has 1 aromatic carbocycles. The third-order valence-electron chi connectivity index (χ3n) is 3.69. The fourth-order valence-corrected chi connectivity index (χ4v) is 2.54. The van der Waals surface area contributed by atoms with Crippen LogP contribution >= 0.6 is 0 Å². The van der Waals surface area contributed by atoms with Gasteiger partial charge >= 0.3 is 0 Å². The molecule has 0 spiro atoms. The maximum atomic E-state index is 6.01. The van der Waals surface area contributed by atoms with Gasteiger partial charge in [-0.1, -0.05) is 0 Å². The first-order valence-corrected chi connectivity index (χ1v) is 6.07. The maximum Gasteiger partial charge on any atom is 0.201 e. The zero-order valence-electron chi connectivity index (χ0n) is 10.6. The highest BCUT2D eigenvalue weighted by Crippen LogP contribution is 2.38. The summed E-state index contributed by atoms with van der Waals surface area (Å²) in [4.78, 5) is 4.39. The third-order valence-corrected chi connectivity index (χ3v) is 3.69. The van der Waals surface area contributed by atoms with E-state index >= 15 is 0 Å². The number of hydrogen-bond acceptors (Lipinski definition) is 4. The van der Waals surface area contributed by atoms with E-state index in [1.807, 2.05) is 18.2 Å². The number of benzene rings is 1. The summed E-state index contributed by atoms with van der Waals surface area (Å²) in [5.74, 6) is 1.39. The molecule has 2 N–H and O–H groups in total. The molecule has 1 saturated carbocycles. The van der Waals surface area contributed by atoms with Crippen molar-refractivity contribution in [3.8, 4) is 5.75 Å². The molecule has 1 fully saturated rings. The molecule has 0 radical (unpaired) electrons. The molecule has 1 aliphatic rings. The van der Waals surface area contributed by atoms with Crippen molar-refractivity contribution in [3.05, 3.63) is 18.2 Å². The average Bonchev–Trinajstić information content (AvgIpc) is 2.64. The van der Waals surface area contributed by atoms with E-state index in [-0.39, 0.29) is 0 Å². The standard InChI is InChI=1S/C13H17N3O2/c1-17-9-3-4-11-12(7-9)16(13(14)15-11)8-5-10(6-8)18-2/h3-4,7-8,10H,5-6H2,1-2H3,(H2,14,15). The van der Waals surface area contributed by atoms with E-state index in [1.165, 1.54) is 0 Å². The van der Waals surface area contributed by atoms with Gasteiger partial charge in [-0.15, -0.1) is 0 Å². The highest BCUT2D eigenvalue weighted by Gasteiger charge is 2.32. The SMILES string of the molecule is COc1ccc2nc(N)n(C3CC(OC)C3)c2c1. The van der Waals surface area contributed by atoms with Crippen LogP contribution in [0.25, 0.3) is 11.0 Å². The normalized spacial score (nSPS) is 23.0. The summed E-state index contributed by atoms with van der Waals surface area (Å²) in [5, 5.41) is 0. The van der Waals surface area contributed by atoms with Crippen LogP contribution in [0.2, 0.25) is 0 Å². The summed E-state index contributed by atoms with van der Waals surface area (Å²) in [7, 11) is 3.41. The first-order valence-electron chi connectivity index (χ1n) is 6.07. The van der Waals surface area contributed by atoms with E-state index < -0.39 is 0 Å². The average molecular weight is 247 g/mol. The van der Waals surface area contributed by atoms with E-state index in [0.717, 1.165) is 29.6 Å². The molecule has 2 aromatic rings. The molecule has 5 heteroatoms. The van der Waals surface area contributed by atoms with Crippen molar-refractivity contribution < 1.29 is 9.47 Å². The molecule has 0 bridgehead atoms. The summed E-state index contributed by atoms with van der Waals surface area (Å²) in [6, 6.07) is 6.21. The van der Waals surface area contributed by atoms with Gasteiger partial charge in [0.15, 0.2) is 0 Å². The van der Waals surface area contributed by atoms with Crippen molar-refractivity contribution in [1.29, 1.82) is 0 Å². The Balaban J connectivity index is 2.02. The molecule has 1 aromatic heterocycles. The molecule has 0 aliphatic heterocycles. The first kappa shape index (κ1) is 11.3. The van der Waals surface area contributed by atoms with Gasteiger partial charge < -0.3 is 19.8 Å². The second-order valence-corrected chi connectivity index (χ2v) is 4.68. The van der Waals surface area contributed by atoms with Crippen molar-refractivity contribution >= 4 is 17.0 Å². The Hall–Kier alpha value is -1.75. The van der Waals surface area contributed by atoms with Gasteiger partial charge in [-0.3, -0.25) is 0 Å². The van der Waals surface area contributed by atoms with Crippen molar-refractivity contribution in [2.45, 2.75) is 25.0 Å². The van der Waals surface area contributed by atoms with Crippen molar-refractivity contribution in [3.63, 3.8) is 0 Å². The lowest BCUT2D eigenvalue weighted by Crippen LogP contribution is -2.33. The minimum atomic E-state index is 0.345. The smallest absolute Gasteiger partial charge is 0.201 e. The van der Waals surface area contributed by atoms with Gasteiger partial charge in [0.05, 0.1) is 24.2 Å². The lowest BCUT2D eigenvalue weighted by molar-refractivity contribution is 0.00798. The van der Waals surface area contributed by atoms with Gasteiger partial charge in [-0.2, -0.15) is 0 Å². The highest BCUT2D eigenvalue weighted by atomic mass is 16.5. The topological polar surface area (TPSA) is 62.3 Å². The number of imidazole rings is 1. The highest BCUT2D eigenvalue weighted by molar-refractivity contribution is 5.80. The van der Waals surface area contributed by atoms with E-state index in [1.54, 1.807) is 14.2 Å². The number of nitrogens with two attached hydrogens (primary N) is 1. The lowest BCUT2D eigenvalue weighted by atomic mass is 9.89. The molecule has 0 atom stereocenters. The van der Waals surface area contributed by atoms with E-state index in [2.05, 4.69) is 9.55 Å². The fourth-order valence-electron chi connectivity index (χ4n) is 2.54. The molecule has 96 valence electrons. The summed E-state index contributed by atoms with van der Waals surface area (Å²) in [5.41, 5.74) is 7.96. The van der Waals surface area contributed by atoms with Crippen LogP contribution in [0, 0.1) is 0 Å². The van der Waals surface area contributed by atoms with Crippen LogP contribution in [0.1, 0.15) is 18.9 Å². The number of hydrogen-bond donors (Lipinski definition) is 1. The lowest BCUT2D eigenvalue weighted by Gasteiger charge is -2.35. The Morgan fingerprint density at radius 3 is 2.78 bits per heavy atom. The van der Waals surface area contributed by atoms with Crippen LogP contribution in [-0.4, -0.2) is 29.9 Å². The minimum absolute atomic E-state index is 0.345. The quantitative estimate of drug-likeness (QED) is 0.900. The van der Waals surface area contributed by atoms with E-state index in [0.29, 0.717) is 18.1 Å². The number of nitrogens with zero attached hydrogens (tertiary/aromatic N) is 2. The zero-order valence-corrected chi connectivity index (χ0v) is 10.6. The number of ether oxygens (including phenoxy) is 2. The molecule has 1 aliphatic carbocycles. The summed E-state index contributed by atoms with van der Waals surface area (Å²) in [6.07, 6.45) is 2.32. The van der Waals surface area contributed by atoms with Crippen LogP contribution in [-0.2, 0) is 4.74 Å². The second kappa shape index (κ2) is 4.17. The predicted molar refractivity (Wildman–Crippen MR) is 69.8 cm³/mol. The Morgan fingerprint density at radius 1 is 1.33 bits per heavy atom. The Labute approximate surface area is 106 Å². The molecule has 5 nitrogen and oxygen atoms in total. The first-order chi connectivity index (χ1) is 8.72. The second-order valence-electron chi connectivity index (χ2n) is 4.68. The number of anilines is 1. The third kappa shape index (κ3) is 1.62. The predicted octanol–water partition coefficient (Wildman–Crippen LogP) is 1.98.